The molecule has 1 aliphatic heterocycles. The number of thiazole rings is 1. The summed E-state index contributed by atoms with van der Waals surface area (Å²) in [5.74, 6) is 0. The number of anilines is 1. The van der Waals surface area contributed by atoms with Gasteiger partial charge in [0.15, 0.2) is 5.13 Å². The zero-order valence-electron chi connectivity index (χ0n) is 13.0. The molecule has 0 aromatic carbocycles. The molecule has 1 aliphatic carbocycles. The summed E-state index contributed by atoms with van der Waals surface area (Å²) < 4.78 is 0. The van der Waals surface area contributed by atoms with E-state index >= 15 is 0 Å². The first kappa shape index (κ1) is 14.3. The molecular formula is C16H27N3S. The summed E-state index contributed by atoms with van der Waals surface area (Å²) >= 11 is 1.88. The van der Waals surface area contributed by atoms with Gasteiger partial charge in [0, 0.05) is 24.0 Å². The third-order valence-electron chi connectivity index (χ3n) is 5.41. The molecule has 0 bridgehead atoms. The largest absolute Gasteiger partial charge is 0.348 e. The molecule has 1 saturated carbocycles. The molecule has 112 valence electrons. The van der Waals surface area contributed by atoms with Crippen LogP contribution in [0.1, 0.15) is 62.1 Å². The van der Waals surface area contributed by atoms with Crippen LogP contribution in [0.15, 0.2) is 0 Å². The van der Waals surface area contributed by atoms with E-state index in [9.17, 15) is 0 Å². The molecule has 1 spiro atoms. The molecule has 1 atom stereocenters. The van der Waals surface area contributed by atoms with Crippen molar-refractivity contribution in [1.82, 2.24) is 10.3 Å². The fourth-order valence-electron chi connectivity index (χ4n) is 3.86. The number of aryl methyl sites for hydroxylation is 1. The van der Waals surface area contributed by atoms with Crippen LogP contribution in [0.25, 0.3) is 0 Å². The highest BCUT2D eigenvalue weighted by molar-refractivity contribution is 7.15. The smallest absolute Gasteiger partial charge is 0.185 e. The monoisotopic (exact) mass is 293 g/mol. The molecule has 1 unspecified atom stereocenters. The molecule has 3 nitrogen and oxygen atoms in total. The maximum atomic E-state index is 4.82. The average Bonchev–Trinajstić information content (AvgIpc) is 3.06. The highest BCUT2D eigenvalue weighted by atomic mass is 32.1. The highest BCUT2D eigenvalue weighted by Gasteiger charge is 2.37. The summed E-state index contributed by atoms with van der Waals surface area (Å²) in [5.41, 5.74) is 1.90. The molecule has 2 aliphatic rings. The van der Waals surface area contributed by atoms with Crippen LogP contribution in [0, 0.1) is 12.3 Å². The van der Waals surface area contributed by atoms with Crippen molar-refractivity contribution in [2.24, 2.45) is 5.41 Å². The van der Waals surface area contributed by atoms with Crippen molar-refractivity contribution in [3.63, 3.8) is 0 Å². The van der Waals surface area contributed by atoms with Crippen molar-refractivity contribution in [1.29, 1.82) is 0 Å². The van der Waals surface area contributed by atoms with Crippen molar-refractivity contribution >= 4 is 16.5 Å². The molecule has 1 N–H and O–H groups in total. The summed E-state index contributed by atoms with van der Waals surface area (Å²) in [6.07, 6.45) is 8.62. The van der Waals surface area contributed by atoms with Gasteiger partial charge in [0.05, 0.1) is 5.69 Å². The van der Waals surface area contributed by atoms with Gasteiger partial charge >= 0.3 is 0 Å². The summed E-state index contributed by atoms with van der Waals surface area (Å²) in [7, 11) is 2.02. The molecule has 1 aromatic heterocycles. The van der Waals surface area contributed by atoms with Gasteiger partial charge < -0.3 is 10.2 Å². The van der Waals surface area contributed by atoms with Crippen molar-refractivity contribution in [3.8, 4) is 0 Å². The van der Waals surface area contributed by atoms with E-state index in [4.69, 9.17) is 4.98 Å². The predicted octanol–water partition coefficient (Wildman–Crippen LogP) is 3.89. The molecule has 4 heteroatoms. The summed E-state index contributed by atoms with van der Waals surface area (Å²) in [5, 5.41) is 4.57. The van der Waals surface area contributed by atoms with E-state index in [2.05, 4.69) is 24.1 Å². The molecule has 2 fully saturated rings. The summed E-state index contributed by atoms with van der Waals surface area (Å²) in [6.45, 7) is 6.78. The predicted molar refractivity (Wildman–Crippen MR) is 86.7 cm³/mol. The van der Waals surface area contributed by atoms with E-state index in [1.807, 2.05) is 18.4 Å². The Kier molecular flexibility index (Phi) is 4.04. The first-order valence-electron chi connectivity index (χ1n) is 8.03. The number of piperidine rings is 1. The molecule has 0 amide bonds. The quantitative estimate of drug-likeness (QED) is 0.916. The van der Waals surface area contributed by atoms with Gasteiger partial charge in [-0.25, -0.2) is 4.98 Å². The minimum absolute atomic E-state index is 0.409. The van der Waals surface area contributed by atoms with Crippen molar-refractivity contribution < 1.29 is 0 Å². The third-order valence-corrected chi connectivity index (χ3v) is 6.81. The molecule has 2 heterocycles. The van der Waals surface area contributed by atoms with E-state index in [1.165, 1.54) is 67.3 Å². The minimum Gasteiger partial charge on any atom is -0.348 e. The van der Waals surface area contributed by atoms with Crippen molar-refractivity contribution in [2.75, 3.05) is 25.0 Å². The fourth-order valence-corrected chi connectivity index (χ4v) is 5.04. The second-order valence-electron chi connectivity index (χ2n) is 6.65. The SMILES string of the molecule is CNC(C)c1sc(N2CCC3(CCCC3)CC2)nc1C. The van der Waals surface area contributed by atoms with Gasteiger partial charge in [-0.1, -0.05) is 12.8 Å². The zero-order valence-corrected chi connectivity index (χ0v) is 13.9. The molecule has 0 radical (unpaired) electrons. The van der Waals surface area contributed by atoms with E-state index in [1.54, 1.807) is 0 Å². The minimum atomic E-state index is 0.409. The number of nitrogens with zero attached hydrogens (tertiary/aromatic N) is 2. The number of hydrogen-bond donors (Lipinski definition) is 1. The molecular weight excluding hydrogens is 266 g/mol. The fraction of sp³-hybridized carbons (Fsp3) is 0.812. The van der Waals surface area contributed by atoms with E-state index in [0.29, 0.717) is 11.5 Å². The van der Waals surface area contributed by atoms with Crippen molar-refractivity contribution in [2.45, 2.75) is 58.4 Å². The van der Waals surface area contributed by atoms with Crippen LogP contribution in [0.3, 0.4) is 0 Å². The van der Waals surface area contributed by atoms with Gasteiger partial charge in [0.1, 0.15) is 0 Å². The van der Waals surface area contributed by atoms with Crippen LogP contribution < -0.4 is 10.2 Å². The topological polar surface area (TPSA) is 28.2 Å². The van der Waals surface area contributed by atoms with Gasteiger partial charge in [-0.05, 0) is 52.0 Å². The lowest BCUT2D eigenvalue weighted by atomic mass is 9.77. The molecule has 1 aromatic rings. The van der Waals surface area contributed by atoms with Crippen LogP contribution in [-0.2, 0) is 0 Å². The first-order valence-corrected chi connectivity index (χ1v) is 8.85. The molecule has 3 rings (SSSR count). The van der Waals surface area contributed by atoms with E-state index in [-0.39, 0.29) is 0 Å². The standard InChI is InChI=1S/C16H27N3S/c1-12(17-3)14-13(2)18-15(20-14)19-10-8-16(9-11-19)6-4-5-7-16/h12,17H,4-11H2,1-3H3. The Morgan fingerprint density at radius 3 is 2.45 bits per heavy atom. The Morgan fingerprint density at radius 1 is 1.20 bits per heavy atom. The van der Waals surface area contributed by atoms with Crippen LogP contribution in [0.4, 0.5) is 5.13 Å². The normalized spacial score (nSPS) is 23.4. The van der Waals surface area contributed by atoms with Crippen LogP contribution in [-0.4, -0.2) is 25.1 Å². The molecule has 1 saturated heterocycles. The van der Waals surface area contributed by atoms with Crippen LogP contribution in [0.5, 0.6) is 0 Å². The Balaban J connectivity index is 1.69. The Morgan fingerprint density at radius 2 is 1.85 bits per heavy atom. The summed E-state index contributed by atoms with van der Waals surface area (Å²) in [6, 6.07) is 0.409. The van der Waals surface area contributed by atoms with Gasteiger partial charge in [-0.2, -0.15) is 0 Å². The van der Waals surface area contributed by atoms with Crippen LogP contribution in [0.2, 0.25) is 0 Å². The number of hydrogen-bond acceptors (Lipinski definition) is 4. The second kappa shape index (κ2) is 5.64. The maximum absolute atomic E-state index is 4.82. The third kappa shape index (κ3) is 2.60. The average molecular weight is 293 g/mol. The lowest BCUT2D eigenvalue weighted by Gasteiger charge is -2.39. The number of nitrogens with one attached hydrogen (secondary N) is 1. The Bertz CT molecular complexity index is 452. The van der Waals surface area contributed by atoms with Gasteiger partial charge in [-0.15, -0.1) is 11.3 Å². The number of aromatic nitrogens is 1. The van der Waals surface area contributed by atoms with E-state index < -0.39 is 0 Å². The molecule has 20 heavy (non-hydrogen) atoms. The second-order valence-corrected chi connectivity index (χ2v) is 7.66. The lowest BCUT2D eigenvalue weighted by molar-refractivity contribution is 0.226. The maximum Gasteiger partial charge on any atom is 0.185 e. The van der Waals surface area contributed by atoms with Gasteiger partial charge in [0.25, 0.3) is 0 Å². The van der Waals surface area contributed by atoms with Gasteiger partial charge in [-0.3, -0.25) is 0 Å². The Labute approximate surface area is 126 Å². The van der Waals surface area contributed by atoms with Gasteiger partial charge in [0.2, 0.25) is 0 Å². The van der Waals surface area contributed by atoms with E-state index in [0.717, 1.165) is 0 Å². The summed E-state index contributed by atoms with van der Waals surface area (Å²) in [4.78, 5) is 8.74. The lowest BCUT2D eigenvalue weighted by Crippen LogP contribution is -2.38. The highest BCUT2D eigenvalue weighted by Crippen LogP contribution is 2.47. The zero-order chi connectivity index (χ0) is 14.2. The number of rotatable bonds is 3. The van der Waals surface area contributed by atoms with Crippen LogP contribution >= 0.6 is 11.3 Å². The van der Waals surface area contributed by atoms with Crippen molar-refractivity contribution in [3.05, 3.63) is 10.6 Å². The first-order chi connectivity index (χ1) is 9.63. The Hall–Kier alpha value is -0.610.